The molecule has 0 spiro atoms. The fourth-order valence-electron chi connectivity index (χ4n) is 1.88. The third-order valence-electron chi connectivity index (χ3n) is 3.04. The zero-order valence-electron chi connectivity index (χ0n) is 11.8. The van der Waals surface area contributed by atoms with E-state index in [1.165, 1.54) is 11.3 Å². The standard InChI is InChI=1S/C12H16N5O3S/c1-8-11(3-4-20-17(18)19)21-7-16(8)6-10-5-14-9(2)15-12(10)13/h5,7H,3-4,6H2,1-2H3,(H2,13,14,15)/q+1. The molecule has 0 saturated carbocycles. The van der Waals surface area contributed by atoms with Gasteiger partial charge in [-0.2, -0.15) is 4.57 Å². The number of aryl methyl sites for hydroxylation is 1. The Morgan fingerprint density at radius 3 is 2.95 bits per heavy atom. The molecule has 0 saturated heterocycles. The number of anilines is 1. The highest BCUT2D eigenvalue weighted by atomic mass is 32.1. The van der Waals surface area contributed by atoms with Crippen LogP contribution in [0, 0.1) is 24.0 Å². The van der Waals surface area contributed by atoms with Crippen molar-refractivity contribution in [2.24, 2.45) is 0 Å². The maximum absolute atomic E-state index is 10.1. The first-order valence-corrected chi connectivity index (χ1v) is 7.17. The first kappa shape index (κ1) is 15.1. The lowest BCUT2D eigenvalue weighted by molar-refractivity contribution is -0.757. The second-order valence-electron chi connectivity index (χ2n) is 4.49. The summed E-state index contributed by atoms with van der Waals surface area (Å²) in [7, 11) is 0. The fourth-order valence-corrected chi connectivity index (χ4v) is 2.85. The molecule has 0 bridgehead atoms. The third-order valence-corrected chi connectivity index (χ3v) is 4.19. The Kier molecular flexibility index (Phi) is 4.63. The summed E-state index contributed by atoms with van der Waals surface area (Å²) in [6, 6.07) is 0. The summed E-state index contributed by atoms with van der Waals surface area (Å²) in [5.41, 5.74) is 9.72. The number of rotatable bonds is 6. The Labute approximate surface area is 125 Å². The molecule has 0 aliphatic carbocycles. The molecule has 21 heavy (non-hydrogen) atoms. The molecule has 0 unspecified atom stereocenters. The molecular weight excluding hydrogens is 294 g/mol. The third kappa shape index (κ3) is 3.85. The quantitative estimate of drug-likeness (QED) is 0.481. The highest BCUT2D eigenvalue weighted by Gasteiger charge is 2.17. The van der Waals surface area contributed by atoms with Gasteiger partial charge in [-0.1, -0.05) is 11.3 Å². The van der Waals surface area contributed by atoms with E-state index in [1.54, 1.807) is 13.1 Å². The van der Waals surface area contributed by atoms with Crippen LogP contribution in [-0.4, -0.2) is 21.7 Å². The molecule has 2 aromatic heterocycles. The topological polar surface area (TPSA) is 108 Å². The van der Waals surface area contributed by atoms with Crippen LogP contribution in [0.5, 0.6) is 0 Å². The number of nitrogen functional groups attached to an aromatic ring is 1. The monoisotopic (exact) mass is 310 g/mol. The van der Waals surface area contributed by atoms with Gasteiger partial charge in [-0.15, -0.1) is 10.1 Å². The van der Waals surface area contributed by atoms with E-state index < -0.39 is 5.09 Å². The predicted octanol–water partition coefficient (Wildman–Crippen LogP) is 0.824. The van der Waals surface area contributed by atoms with Crippen LogP contribution in [0.2, 0.25) is 0 Å². The van der Waals surface area contributed by atoms with Gasteiger partial charge in [-0.25, -0.2) is 9.97 Å². The van der Waals surface area contributed by atoms with Gasteiger partial charge in [-0.05, 0) is 6.92 Å². The van der Waals surface area contributed by atoms with Crippen molar-refractivity contribution in [2.45, 2.75) is 26.8 Å². The molecule has 2 N–H and O–H groups in total. The second-order valence-corrected chi connectivity index (χ2v) is 5.43. The van der Waals surface area contributed by atoms with Crippen LogP contribution in [0.4, 0.5) is 5.82 Å². The van der Waals surface area contributed by atoms with Gasteiger partial charge in [0, 0.05) is 19.5 Å². The van der Waals surface area contributed by atoms with Gasteiger partial charge < -0.3 is 10.6 Å². The van der Waals surface area contributed by atoms with Crippen LogP contribution in [0.15, 0.2) is 11.7 Å². The smallest absolute Gasteiger partial charge is 0.294 e. The van der Waals surface area contributed by atoms with E-state index in [2.05, 4.69) is 14.8 Å². The Bertz CT molecular complexity index is 658. The largest absolute Gasteiger partial charge is 0.383 e. The van der Waals surface area contributed by atoms with Crippen LogP contribution in [0.1, 0.15) is 22.0 Å². The number of hydrogen-bond acceptors (Lipinski definition) is 7. The van der Waals surface area contributed by atoms with E-state index in [4.69, 9.17) is 5.73 Å². The molecule has 0 aliphatic rings. The van der Waals surface area contributed by atoms with Crippen LogP contribution < -0.4 is 10.3 Å². The molecule has 0 fully saturated rings. The van der Waals surface area contributed by atoms with Crippen LogP contribution in [0.3, 0.4) is 0 Å². The maximum atomic E-state index is 10.1. The van der Waals surface area contributed by atoms with Crippen molar-refractivity contribution in [3.63, 3.8) is 0 Å². The van der Waals surface area contributed by atoms with Crippen molar-refractivity contribution in [3.05, 3.63) is 43.8 Å². The minimum absolute atomic E-state index is 0.0597. The Morgan fingerprint density at radius 1 is 1.52 bits per heavy atom. The second kappa shape index (κ2) is 6.44. The lowest BCUT2D eigenvalue weighted by atomic mass is 10.2. The molecule has 0 atom stereocenters. The Balaban J connectivity index is 2.07. The fraction of sp³-hybridized carbons (Fsp3) is 0.417. The van der Waals surface area contributed by atoms with Gasteiger partial charge in [-0.3, -0.25) is 0 Å². The maximum Gasteiger partial charge on any atom is 0.294 e. The average Bonchev–Trinajstić information content (AvgIpc) is 2.74. The normalized spacial score (nSPS) is 10.6. The van der Waals surface area contributed by atoms with E-state index in [9.17, 15) is 10.1 Å². The summed E-state index contributed by atoms with van der Waals surface area (Å²) in [5.74, 6) is 1.11. The predicted molar refractivity (Wildman–Crippen MR) is 76.2 cm³/mol. The number of aromatic nitrogens is 3. The van der Waals surface area contributed by atoms with E-state index in [1.807, 2.05) is 17.0 Å². The minimum atomic E-state index is -0.776. The SMILES string of the molecule is Cc1ncc(C[n+]2csc(CCO[N+](=O)[O-])c2C)c(N)n1. The summed E-state index contributed by atoms with van der Waals surface area (Å²) in [6.45, 7) is 4.38. The van der Waals surface area contributed by atoms with Crippen LogP contribution >= 0.6 is 11.3 Å². The van der Waals surface area contributed by atoms with Crippen molar-refractivity contribution in [2.75, 3.05) is 12.3 Å². The summed E-state index contributed by atoms with van der Waals surface area (Å²) in [6.07, 6.45) is 2.22. The van der Waals surface area contributed by atoms with E-state index >= 15 is 0 Å². The van der Waals surface area contributed by atoms with Crippen molar-refractivity contribution >= 4 is 17.2 Å². The van der Waals surface area contributed by atoms with Crippen LogP contribution in [0.25, 0.3) is 0 Å². The molecule has 0 amide bonds. The van der Waals surface area contributed by atoms with Gasteiger partial charge in [0.25, 0.3) is 5.09 Å². The minimum Gasteiger partial charge on any atom is -0.383 e. The molecule has 0 radical (unpaired) electrons. The first-order valence-electron chi connectivity index (χ1n) is 6.29. The molecule has 112 valence electrons. The molecule has 0 aromatic carbocycles. The highest BCUT2D eigenvalue weighted by molar-refractivity contribution is 7.09. The first-order chi connectivity index (χ1) is 9.97. The lowest BCUT2D eigenvalue weighted by Crippen LogP contribution is -2.35. The molecule has 2 aromatic rings. The number of nitrogens with two attached hydrogens (primary N) is 1. The zero-order valence-corrected chi connectivity index (χ0v) is 12.6. The van der Waals surface area contributed by atoms with Gasteiger partial charge >= 0.3 is 0 Å². The van der Waals surface area contributed by atoms with Crippen molar-refractivity contribution in [1.82, 2.24) is 9.97 Å². The number of thiazole rings is 1. The number of nitrogens with zero attached hydrogens (tertiary/aromatic N) is 4. The molecule has 9 heteroatoms. The van der Waals surface area contributed by atoms with Crippen molar-refractivity contribution in [1.29, 1.82) is 0 Å². The molecule has 2 heterocycles. The van der Waals surface area contributed by atoms with Crippen molar-refractivity contribution < 1.29 is 14.5 Å². The molecular formula is C12H16N5O3S+. The summed E-state index contributed by atoms with van der Waals surface area (Å²) >= 11 is 1.53. The highest BCUT2D eigenvalue weighted by Crippen LogP contribution is 2.14. The lowest BCUT2D eigenvalue weighted by Gasteiger charge is -2.02. The summed E-state index contributed by atoms with van der Waals surface area (Å²) in [5, 5.41) is 9.36. The van der Waals surface area contributed by atoms with Crippen LogP contribution in [-0.2, 0) is 17.8 Å². The Hall–Kier alpha value is -2.29. The molecule has 8 nitrogen and oxygen atoms in total. The number of hydrogen-bond donors (Lipinski definition) is 1. The summed E-state index contributed by atoms with van der Waals surface area (Å²) in [4.78, 5) is 23.8. The van der Waals surface area contributed by atoms with E-state index in [0.29, 0.717) is 24.6 Å². The summed E-state index contributed by atoms with van der Waals surface area (Å²) < 4.78 is 2.02. The van der Waals surface area contributed by atoms with E-state index in [0.717, 1.165) is 16.1 Å². The van der Waals surface area contributed by atoms with Crippen molar-refractivity contribution in [3.8, 4) is 0 Å². The van der Waals surface area contributed by atoms with Gasteiger partial charge in [0.15, 0.2) is 12.2 Å². The average molecular weight is 310 g/mol. The zero-order chi connectivity index (χ0) is 15.4. The molecule has 2 rings (SSSR count). The van der Waals surface area contributed by atoms with Gasteiger partial charge in [0.1, 0.15) is 18.2 Å². The van der Waals surface area contributed by atoms with Gasteiger partial charge in [0.05, 0.1) is 10.4 Å². The van der Waals surface area contributed by atoms with E-state index in [-0.39, 0.29) is 6.61 Å². The molecule has 0 aliphatic heterocycles. The van der Waals surface area contributed by atoms with Gasteiger partial charge in [0.2, 0.25) is 5.51 Å². The Morgan fingerprint density at radius 2 is 2.29 bits per heavy atom.